The number of halogens is 1. The predicted octanol–water partition coefficient (Wildman–Crippen LogP) is 2.88. The number of carbonyl (C=O) groups excluding carboxylic acids is 1. The highest BCUT2D eigenvalue weighted by Gasteiger charge is 2.20. The van der Waals surface area contributed by atoms with Crippen molar-refractivity contribution in [1.29, 1.82) is 0 Å². The lowest BCUT2D eigenvalue weighted by molar-refractivity contribution is 0.0760. The molecule has 0 unspecified atom stereocenters. The first kappa shape index (κ1) is 16.6. The number of pyridine rings is 1. The zero-order valence-electron chi connectivity index (χ0n) is 13.9. The smallest absolute Gasteiger partial charge is 0.254 e. The van der Waals surface area contributed by atoms with Gasteiger partial charge in [-0.15, -0.1) is 0 Å². The van der Waals surface area contributed by atoms with E-state index in [0.29, 0.717) is 18.7 Å². The Kier molecular flexibility index (Phi) is 5.20. The maximum atomic E-state index is 13.3. The van der Waals surface area contributed by atoms with E-state index in [-0.39, 0.29) is 11.7 Å². The second-order valence-electron chi connectivity index (χ2n) is 6.23. The Balaban J connectivity index is 1.63. The standard InChI is InChI=1S/C19H22FN3O/c1-15-13-21-7-6-17(15)14-22-8-3-9-23(11-10-22)19(24)16-4-2-5-18(20)12-16/h2,4-7,12-13H,3,8-11,14H2,1H3. The summed E-state index contributed by atoms with van der Waals surface area (Å²) in [6.45, 7) is 6.09. The highest BCUT2D eigenvalue weighted by Crippen LogP contribution is 2.14. The van der Waals surface area contributed by atoms with Gasteiger partial charge in [0.2, 0.25) is 0 Å². The molecule has 1 aliphatic heterocycles. The second-order valence-corrected chi connectivity index (χ2v) is 6.23. The molecule has 5 heteroatoms. The van der Waals surface area contributed by atoms with E-state index < -0.39 is 0 Å². The molecule has 24 heavy (non-hydrogen) atoms. The molecule has 2 heterocycles. The van der Waals surface area contributed by atoms with Crippen molar-refractivity contribution in [2.75, 3.05) is 26.2 Å². The molecular formula is C19H22FN3O. The van der Waals surface area contributed by atoms with Gasteiger partial charge in [-0.2, -0.15) is 0 Å². The maximum Gasteiger partial charge on any atom is 0.254 e. The van der Waals surface area contributed by atoms with Crippen molar-refractivity contribution in [3.8, 4) is 0 Å². The molecule has 4 nitrogen and oxygen atoms in total. The van der Waals surface area contributed by atoms with Gasteiger partial charge in [0.25, 0.3) is 5.91 Å². The molecule has 0 atom stereocenters. The van der Waals surface area contributed by atoms with E-state index in [0.717, 1.165) is 26.1 Å². The van der Waals surface area contributed by atoms with Crippen LogP contribution in [0, 0.1) is 12.7 Å². The SMILES string of the molecule is Cc1cnccc1CN1CCCN(C(=O)c2cccc(F)c2)CC1. The van der Waals surface area contributed by atoms with Crippen LogP contribution in [0.4, 0.5) is 4.39 Å². The van der Waals surface area contributed by atoms with Gasteiger partial charge in [-0.1, -0.05) is 6.07 Å². The molecular weight excluding hydrogens is 305 g/mol. The van der Waals surface area contributed by atoms with E-state index in [1.807, 2.05) is 17.3 Å². The fraction of sp³-hybridized carbons (Fsp3) is 0.368. The topological polar surface area (TPSA) is 36.4 Å². The third-order valence-corrected chi connectivity index (χ3v) is 4.48. The van der Waals surface area contributed by atoms with Crippen LogP contribution < -0.4 is 0 Å². The number of benzene rings is 1. The van der Waals surface area contributed by atoms with Crippen LogP contribution in [0.5, 0.6) is 0 Å². The molecule has 1 aliphatic rings. The van der Waals surface area contributed by atoms with Gasteiger partial charge in [0, 0.05) is 50.7 Å². The fourth-order valence-electron chi connectivity index (χ4n) is 3.06. The van der Waals surface area contributed by atoms with Crippen molar-refractivity contribution >= 4 is 5.91 Å². The second kappa shape index (κ2) is 7.53. The normalized spacial score (nSPS) is 16.0. The summed E-state index contributed by atoms with van der Waals surface area (Å²) in [5.41, 5.74) is 2.89. The molecule has 0 radical (unpaired) electrons. The van der Waals surface area contributed by atoms with Gasteiger partial charge in [0.15, 0.2) is 0 Å². The summed E-state index contributed by atoms with van der Waals surface area (Å²) >= 11 is 0. The fourth-order valence-corrected chi connectivity index (χ4v) is 3.06. The van der Waals surface area contributed by atoms with E-state index in [1.165, 1.54) is 23.3 Å². The van der Waals surface area contributed by atoms with Crippen LogP contribution in [0.1, 0.15) is 27.9 Å². The quantitative estimate of drug-likeness (QED) is 0.870. The van der Waals surface area contributed by atoms with E-state index in [1.54, 1.807) is 12.1 Å². The summed E-state index contributed by atoms with van der Waals surface area (Å²) in [7, 11) is 0. The Morgan fingerprint density at radius 2 is 2.08 bits per heavy atom. The summed E-state index contributed by atoms with van der Waals surface area (Å²) < 4.78 is 13.3. The Labute approximate surface area is 141 Å². The summed E-state index contributed by atoms with van der Waals surface area (Å²) in [4.78, 5) is 20.9. The number of nitrogens with zero attached hydrogens (tertiary/aromatic N) is 3. The van der Waals surface area contributed by atoms with Gasteiger partial charge in [-0.05, 0) is 48.7 Å². The Hall–Kier alpha value is -2.27. The van der Waals surface area contributed by atoms with Crippen molar-refractivity contribution in [2.45, 2.75) is 19.9 Å². The lowest BCUT2D eigenvalue weighted by Gasteiger charge is -2.22. The van der Waals surface area contributed by atoms with E-state index >= 15 is 0 Å². The molecule has 0 aliphatic carbocycles. The summed E-state index contributed by atoms with van der Waals surface area (Å²) in [6, 6.07) is 7.98. The Morgan fingerprint density at radius 1 is 1.21 bits per heavy atom. The summed E-state index contributed by atoms with van der Waals surface area (Å²) in [5.74, 6) is -0.457. The van der Waals surface area contributed by atoms with Crippen LogP contribution in [-0.4, -0.2) is 46.9 Å². The van der Waals surface area contributed by atoms with Gasteiger partial charge in [-0.25, -0.2) is 4.39 Å². The molecule has 0 spiro atoms. The van der Waals surface area contributed by atoms with E-state index in [2.05, 4.69) is 22.9 Å². The van der Waals surface area contributed by atoms with Crippen LogP contribution >= 0.6 is 0 Å². The largest absolute Gasteiger partial charge is 0.337 e. The molecule has 3 rings (SSSR count). The predicted molar refractivity (Wildman–Crippen MR) is 91.2 cm³/mol. The molecule has 0 bridgehead atoms. The highest BCUT2D eigenvalue weighted by molar-refractivity contribution is 5.94. The number of carbonyl (C=O) groups is 1. The van der Waals surface area contributed by atoms with Gasteiger partial charge < -0.3 is 4.90 Å². The molecule has 1 fully saturated rings. The number of aromatic nitrogens is 1. The third-order valence-electron chi connectivity index (χ3n) is 4.48. The molecule has 126 valence electrons. The summed E-state index contributed by atoms with van der Waals surface area (Å²) in [6.07, 6.45) is 4.62. The summed E-state index contributed by atoms with van der Waals surface area (Å²) in [5, 5.41) is 0. The van der Waals surface area contributed by atoms with Crippen LogP contribution in [0.15, 0.2) is 42.7 Å². The van der Waals surface area contributed by atoms with Crippen molar-refractivity contribution in [3.63, 3.8) is 0 Å². The average Bonchev–Trinajstić information content (AvgIpc) is 2.82. The lowest BCUT2D eigenvalue weighted by atomic mass is 10.1. The number of rotatable bonds is 3. The van der Waals surface area contributed by atoms with Crippen LogP contribution in [0.3, 0.4) is 0 Å². The monoisotopic (exact) mass is 327 g/mol. The lowest BCUT2D eigenvalue weighted by Crippen LogP contribution is -2.35. The Bertz CT molecular complexity index is 719. The minimum Gasteiger partial charge on any atom is -0.337 e. The minimum absolute atomic E-state index is 0.0866. The number of hydrogen-bond donors (Lipinski definition) is 0. The van der Waals surface area contributed by atoms with Crippen molar-refractivity contribution in [1.82, 2.24) is 14.8 Å². The van der Waals surface area contributed by atoms with E-state index in [4.69, 9.17) is 0 Å². The van der Waals surface area contributed by atoms with E-state index in [9.17, 15) is 9.18 Å². The van der Waals surface area contributed by atoms with Gasteiger partial charge in [-0.3, -0.25) is 14.7 Å². The molecule has 0 N–H and O–H groups in total. The average molecular weight is 327 g/mol. The van der Waals surface area contributed by atoms with Crippen LogP contribution in [0.25, 0.3) is 0 Å². The molecule has 0 saturated carbocycles. The number of hydrogen-bond acceptors (Lipinski definition) is 3. The number of aryl methyl sites for hydroxylation is 1. The molecule has 1 amide bonds. The molecule has 1 saturated heterocycles. The van der Waals surface area contributed by atoms with Crippen molar-refractivity contribution < 1.29 is 9.18 Å². The molecule has 1 aromatic carbocycles. The minimum atomic E-state index is -0.370. The highest BCUT2D eigenvalue weighted by atomic mass is 19.1. The number of amides is 1. The molecule has 1 aromatic heterocycles. The van der Waals surface area contributed by atoms with Gasteiger partial charge in [0.05, 0.1) is 0 Å². The van der Waals surface area contributed by atoms with Crippen LogP contribution in [-0.2, 0) is 6.54 Å². The van der Waals surface area contributed by atoms with Crippen LogP contribution in [0.2, 0.25) is 0 Å². The Morgan fingerprint density at radius 3 is 2.88 bits per heavy atom. The zero-order chi connectivity index (χ0) is 16.9. The van der Waals surface area contributed by atoms with Crippen molar-refractivity contribution in [2.24, 2.45) is 0 Å². The van der Waals surface area contributed by atoms with Gasteiger partial charge >= 0.3 is 0 Å². The molecule has 2 aromatic rings. The third kappa shape index (κ3) is 3.97. The van der Waals surface area contributed by atoms with Crippen molar-refractivity contribution in [3.05, 3.63) is 65.2 Å². The van der Waals surface area contributed by atoms with Gasteiger partial charge in [0.1, 0.15) is 5.82 Å². The first-order valence-electron chi connectivity index (χ1n) is 8.30. The maximum absolute atomic E-state index is 13.3. The zero-order valence-corrected chi connectivity index (χ0v) is 13.9. The first-order chi connectivity index (χ1) is 11.6. The first-order valence-corrected chi connectivity index (χ1v) is 8.30.